The van der Waals surface area contributed by atoms with E-state index in [2.05, 4.69) is 33.4 Å². The Bertz CT molecular complexity index is 2890. The van der Waals surface area contributed by atoms with Gasteiger partial charge in [-0.15, -0.1) is 0 Å². The van der Waals surface area contributed by atoms with Crippen molar-refractivity contribution in [2.45, 2.75) is 71.9 Å². The van der Waals surface area contributed by atoms with E-state index in [1.807, 2.05) is 60.7 Å². The minimum absolute atomic E-state index is 0.230. The molecular weight excluding hydrogens is 877 g/mol. The van der Waals surface area contributed by atoms with Crippen LogP contribution in [0.3, 0.4) is 0 Å². The third kappa shape index (κ3) is 9.40. The van der Waals surface area contributed by atoms with Gasteiger partial charge in [0.25, 0.3) is 0 Å². The van der Waals surface area contributed by atoms with E-state index in [9.17, 15) is 9.59 Å². The Morgan fingerprint density at radius 3 is 1.13 bits per heavy atom. The number of hydrogen-bond acceptors (Lipinski definition) is 12. The largest absolute Gasteiger partial charge is 0.493 e. The number of benzene rings is 4. The molecular formula is C55H60N4O10. The van der Waals surface area contributed by atoms with E-state index in [1.165, 1.54) is 0 Å². The lowest BCUT2D eigenvalue weighted by atomic mass is 10.0. The van der Waals surface area contributed by atoms with Crippen LogP contribution in [0.5, 0.6) is 34.5 Å². The molecule has 4 aromatic heterocycles. The van der Waals surface area contributed by atoms with Crippen LogP contribution in [0.4, 0.5) is 0 Å². The summed E-state index contributed by atoms with van der Waals surface area (Å²) in [7, 11) is 9.48. The number of para-hydroxylation sites is 2. The van der Waals surface area contributed by atoms with E-state index in [0.717, 1.165) is 113 Å². The lowest BCUT2D eigenvalue weighted by Gasteiger charge is -2.16. The summed E-state index contributed by atoms with van der Waals surface area (Å²) in [5.74, 6) is 1.93. The van der Waals surface area contributed by atoms with E-state index in [0.29, 0.717) is 45.9 Å². The van der Waals surface area contributed by atoms with Gasteiger partial charge in [-0.2, -0.15) is 0 Å². The number of aromatic nitrogens is 4. The fourth-order valence-corrected chi connectivity index (χ4v) is 9.49. The second-order valence-electron chi connectivity index (χ2n) is 16.6. The number of ether oxygens (including phenoxy) is 8. The first-order chi connectivity index (χ1) is 33.7. The van der Waals surface area contributed by atoms with Crippen LogP contribution in [0.15, 0.2) is 84.9 Å². The molecule has 0 aliphatic carbocycles. The highest BCUT2D eigenvalue weighted by Crippen LogP contribution is 2.45. The quantitative estimate of drug-likeness (QED) is 0.0471. The SMILES string of the molecule is CCOC(=O)c1cc2c3ccccc3n(CCCCCCCCCn3c4ccccc4c4cc(C(=O)OCC)nc(-c5cc(OC)c(OC)c(OC)c5)c43)c2c(-c2cc(OC)c(OC)c(OC)c2)n1. The van der Waals surface area contributed by atoms with Crippen LogP contribution < -0.4 is 28.4 Å². The van der Waals surface area contributed by atoms with Crippen LogP contribution in [0.25, 0.3) is 66.1 Å². The van der Waals surface area contributed by atoms with E-state index in [4.69, 9.17) is 47.9 Å². The molecule has 0 N–H and O–H groups in total. The summed E-state index contributed by atoms with van der Waals surface area (Å²) in [6.45, 7) is 5.56. The summed E-state index contributed by atoms with van der Waals surface area (Å²) >= 11 is 0. The van der Waals surface area contributed by atoms with Crippen molar-refractivity contribution in [1.29, 1.82) is 0 Å². The zero-order chi connectivity index (χ0) is 48.6. The lowest BCUT2D eigenvalue weighted by Crippen LogP contribution is -2.09. The van der Waals surface area contributed by atoms with Gasteiger partial charge in [0.2, 0.25) is 11.5 Å². The van der Waals surface area contributed by atoms with Crippen molar-refractivity contribution in [1.82, 2.24) is 19.1 Å². The summed E-state index contributed by atoms with van der Waals surface area (Å²) < 4.78 is 49.8. The molecule has 0 spiro atoms. The molecule has 0 fully saturated rings. The second kappa shape index (κ2) is 21.6. The van der Waals surface area contributed by atoms with Gasteiger partial charge in [-0.3, -0.25) is 0 Å². The molecule has 0 atom stereocenters. The Hall–Kier alpha value is -7.48. The summed E-state index contributed by atoms with van der Waals surface area (Å²) in [6, 6.07) is 27.7. The summed E-state index contributed by atoms with van der Waals surface area (Å²) in [6.07, 6.45) is 7.26. The maximum Gasteiger partial charge on any atom is 0.356 e. The van der Waals surface area contributed by atoms with Crippen LogP contribution in [0.1, 0.15) is 79.8 Å². The smallest absolute Gasteiger partial charge is 0.356 e. The van der Waals surface area contributed by atoms with Gasteiger partial charge in [-0.25, -0.2) is 19.6 Å². The van der Waals surface area contributed by atoms with Crippen molar-refractivity contribution in [2.24, 2.45) is 0 Å². The molecule has 0 bridgehead atoms. The van der Waals surface area contributed by atoms with E-state index in [1.54, 1.807) is 56.5 Å². The Kier molecular flexibility index (Phi) is 15.1. The third-order valence-electron chi connectivity index (χ3n) is 12.6. The summed E-state index contributed by atoms with van der Waals surface area (Å²) in [4.78, 5) is 36.4. The fourth-order valence-electron chi connectivity index (χ4n) is 9.49. The van der Waals surface area contributed by atoms with Crippen LogP contribution in [0.2, 0.25) is 0 Å². The van der Waals surface area contributed by atoms with E-state index >= 15 is 0 Å². The van der Waals surface area contributed by atoms with Gasteiger partial charge in [-0.05, 0) is 75.2 Å². The van der Waals surface area contributed by atoms with Crippen molar-refractivity contribution >= 4 is 55.6 Å². The molecule has 0 aliphatic heterocycles. The molecule has 0 amide bonds. The van der Waals surface area contributed by atoms with Crippen molar-refractivity contribution in [3.63, 3.8) is 0 Å². The molecule has 8 rings (SSSR count). The number of hydrogen-bond donors (Lipinski definition) is 0. The molecule has 8 aromatic rings. The summed E-state index contributed by atoms with van der Waals surface area (Å²) in [5.41, 5.74) is 7.13. The molecule has 69 heavy (non-hydrogen) atoms. The molecule has 360 valence electrons. The predicted molar refractivity (Wildman–Crippen MR) is 269 cm³/mol. The van der Waals surface area contributed by atoms with Gasteiger partial charge < -0.3 is 47.0 Å². The minimum atomic E-state index is -0.484. The first-order valence-electron chi connectivity index (χ1n) is 23.5. The van der Waals surface area contributed by atoms with Gasteiger partial charge >= 0.3 is 11.9 Å². The van der Waals surface area contributed by atoms with Crippen LogP contribution >= 0.6 is 0 Å². The molecule has 14 nitrogen and oxygen atoms in total. The number of rotatable bonds is 22. The Labute approximate surface area is 402 Å². The number of pyridine rings is 2. The second-order valence-corrected chi connectivity index (χ2v) is 16.6. The highest BCUT2D eigenvalue weighted by atomic mass is 16.5. The van der Waals surface area contributed by atoms with Gasteiger partial charge in [0.1, 0.15) is 11.4 Å². The number of methoxy groups -OCH3 is 6. The molecule has 4 heterocycles. The lowest BCUT2D eigenvalue weighted by molar-refractivity contribution is 0.0510. The molecule has 14 heteroatoms. The van der Waals surface area contributed by atoms with Crippen molar-refractivity contribution in [3.8, 4) is 57.0 Å². The monoisotopic (exact) mass is 936 g/mol. The van der Waals surface area contributed by atoms with Crippen molar-refractivity contribution < 1.29 is 47.5 Å². The van der Waals surface area contributed by atoms with Crippen LogP contribution in [-0.4, -0.2) is 86.9 Å². The number of unbranched alkanes of at least 4 members (excludes halogenated alkanes) is 6. The molecule has 0 saturated heterocycles. The molecule has 0 saturated carbocycles. The number of carbonyl (C=O) groups excluding carboxylic acids is 2. The third-order valence-corrected chi connectivity index (χ3v) is 12.6. The van der Waals surface area contributed by atoms with Gasteiger partial charge in [0.15, 0.2) is 23.0 Å². The van der Waals surface area contributed by atoms with Gasteiger partial charge in [0, 0.05) is 56.8 Å². The Morgan fingerprint density at radius 2 is 0.797 bits per heavy atom. The number of carbonyl (C=O) groups is 2. The number of esters is 2. The number of fused-ring (bicyclic) bond motifs is 6. The van der Waals surface area contributed by atoms with Crippen LogP contribution in [0, 0.1) is 0 Å². The zero-order valence-electron chi connectivity index (χ0n) is 40.7. The normalized spacial score (nSPS) is 11.4. The molecule has 0 unspecified atom stereocenters. The number of aryl methyl sites for hydroxylation is 2. The Balaban J connectivity index is 1.01. The zero-order valence-corrected chi connectivity index (χ0v) is 40.7. The summed E-state index contributed by atoms with van der Waals surface area (Å²) in [5, 5.41) is 3.90. The Morgan fingerprint density at radius 1 is 0.449 bits per heavy atom. The average molecular weight is 937 g/mol. The minimum Gasteiger partial charge on any atom is -0.493 e. The van der Waals surface area contributed by atoms with Gasteiger partial charge in [0.05, 0.1) is 78.3 Å². The molecule has 0 aliphatic rings. The first-order valence-corrected chi connectivity index (χ1v) is 23.5. The topological polar surface area (TPSA) is 144 Å². The fraction of sp³-hybridized carbons (Fsp3) is 0.345. The highest BCUT2D eigenvalue weighted by Gasteiger charge is 2.26. The average Bonchev–Trinajstić information content (AvgIpc) is 3.88. The predicted octanol–water partition coefficient (Wildman–Crippen LogP) is 11.9. The standard InChI is InChI=1S/C55H60N4O10/c1-9-68-54(60)40-32-38-36-22-16-18-24-42(36)58(50(38)48(56-40)34-28-44(62-3)52(66-7)45(29-34)63-4)26-20-14-12-11-13-15-21-27-59-43-25-19-17-23-37(43)39-33-41(55(61)69-10-2)57-49(51(39)59)35-30-46(64-5)53(67-8)47(31-35)65-6/h16-19,22-25,28-33H,9-15,20-21,26-27H2,1-8H3. The maximum atomic E-state index is 13.2. The maximum absolute atomic E-state index is 13.2. The van der Waals surface area contributed by atoms with E-state index < -0.39 is 11.9 Å². The van der Waals surface area contributed by atoms with Crippen molar-refractivity contribution in [3.05, 3.63) is 96.3 Å². The van der Waals surface area contributed by atoms with Crippen molar-refractivity contribution in [2.75, 3.05) is 55.9 Å². The van der Waals surface area contributed by atoms with E-state index in [-0.39, 0.29) is 24.6 Å². The first kappa shape index (κ1) is 48.0. The number of nitrogens with zero attached hydrogens (tertiary/aromatic N) is 4. The highest BCUT2D eigenvalue weighted by molar-refractivity contribution is 6.15. The van der Waals surface area contributed by atoms with Crippen LogP contribution in [-0.2, 0) is 22.6 Å². The molecule has 0 radical (unpaired) electrons. The molecule has 4 aromatic carbocycles. The van der Waals surface area contributed by atoms with Gasteiger partial charge in [-0.1, -0.05) is 68.5 Å².